The normalized spacial score (nSPS) is 8.67. The van der Waals surface area contributed by atoms with Gasteiger partial charge in [-0.2, -0.15) is 4.37 Å². The molecule has 0 aromatic carbocycles. The summed E-state index contributed by atoms with van der Waals surface area (Å²) in [5.41, 5.74) is 0. The highest BCUT2D eigenvalue weighted by Gasteiger charge is 1.79. The van der Waals surface area contributed by atoms with Crippen molar-refractivity contribution in [3.05, 3.63) is 11.6 Å². The van der Waals surface area contributed by atoms with Crippen molar-refractivity contribution < 1.29 is 0 Å². The zero-order valence-corrected chi connectivity index (χ0v) is 4.55. The molecule has 0 saturated carbocycles. The SMILES string of the molecule is [S]c1cnsc1. The van der Waals surface area contributed by atoms with E-state index in [9.17, 15) is 0 Å². The van der Waals surface area contributed by atoms with Crippen LogP contribution < -0.4 is 0 Å². The van der Waals surface area contributed by atoms with Crippen LogP contribution in [0.4, 0.5) is 0 Å². The Labute approximate surface area is 45.6 Å². The summed E-state index contributed by atoms with van der Waals surface area (Å²) < 4.78 is 3.76. The summed E-state index contributed by atoms with van der Waals surface area (Å²) in [5.74, 6) is 0. The maximum absolute atomic E-state index is 4.69. The predicted octanol–water partition coefficient (Wildman–Crippen LogP) is 1.70. The third kappa shape index (κ3) is 0.666. The molecule has 0 aliphatic heterocycles. The van der Waals surface area contributed by atoms with E-state index in [1.165, 1.54) is 11.5 Å². The number of aromatic nitrogens is 1. The first-order valence-electron chi connectivity index (χ1n) is 1.46. The van der Waals surface area contributed by atoms with Gasteiger partial charge in [0.05, 0.1) is 11.1 Å². The number of hydrogen-bond acceptors (Lipinski definition) is 2. The second kappa shape index (κ2) is 1.53. The fraction of sp³-hybridized carbons (Fsp3) is 0. The van der Waals surface area contributed by atoms with Gasteiger partial charge in [0.25, 0.3) is 0 Å². The molecule has 1 radical (unpaired) electrons. The molecule has 31 valence electrons. The molecule has 0 atom stereocenters. The Hall–Kier alpha value is -0.150. The first-order chi connectivity index (χ1) is 2.89. The van der Waals surface area contributed by atoms with Gasteiger partial charge >= 0.3 is 0 Å². The van der Waals surface area contributed by atoms with Gasteiger partial charge < -0.3 is 0 Å². The standard InChI is InChI=1S/C3H2NS2/c5-3-1-4-6-2-3/h1-2H. The van der Waals surface area contributed by atoms with Crippen molar-refractivity contribution in [3.63, 3.8) is 0 Å². The summed E-state index contributed by atoms with van der Waals surface area (Å²) >= 11 is 6.08. The molecule has 0 spiro atoms. The van der Waals surface area contributed by atoms with E-state index in [1.807, 2.05) is 5.38 Å². The van der Waals surface area contributed by atoms with Crippen LogP contribution in [-0.4, -0.2) is 4.37 Å². The van der Waals surface area contributed by atoms with Gasteiger partial charge in [0, 0.05) is 5.38 Å². The number of hydrogen-bond donors (Lipinski definition) is 0. The van der Waals surface area contributed by atoms with Crippen LogP contribution in [0.15, 0.2) is 16.5 Å². The summed E-state index contributed by atoms with van der Waals surface area (Å²) in [4.78, 5) is 0.833. The van der Waals surface area contributed by atoms with E-state index in [0.717, 1.165) is 4.90 Å². The smallest absolute Gasteiger partial charge is 0.0684 e. The lowest BCUT2D eigenvalue weighted by atomic mass is 10.8. The van der Waals surface area contributed by atoms with Crippen LogP contribution in [0.25, 0.3) is 0 Å². The quantitative estimate of drug-likeness (QED) is 0.502. The van der Waals surface area contributed by atoms with Crippen LogP contribution in [0.3, 0.4) is 0 Å². The Morgan fingerprint density at radius 1 is 1.83 bits per heavy atom. The minimum Gasteiger partial charge on any atom is -0.200 e. The summed E-state index contributed by atoms with van der Waals surface area (Å²) in [6.07, 6.45) is 1.67. The van der Waals surface area contributed by atoms with Gasteiger partial charge in [-0.3, -0.25) is 0 Å². The number of nitrogens with zero attached hydrogens (tertiary/aromatic N) is 1. The summed E-state index contributed by atoms with van der Waals surface area (Å²) in [5, 5.41) is 1.83. The fourth-order valence-electron chi connectivity index (χ4n) is 0.195. The van der Waals surface area contributed by atoms with Crippen LogP contribution in [0.2, 0.25) is 0 Å². The van der Waals surface area contributed by atoms with Gasteiger partial charge in [0.15, 0.2) is 0 Å². The maximum atomic E-state index is 4.69. The first-order valence-corrected chi connectivity index (χ1v) is 2.70. The average molecular weight is 116 g/mol. The minimum atomic E-state index is 0.833. The molecule has 1 aromatic heterocycles. The Morgan fingerprint density at radius 2 is 2.67 bits per heavy atom. The molecular weight excluding hydrogens is 114 g/mol. The van der Waals surface area contributed by atoms with Crippen LogP contribution in [0.1, 0.15) is 0 Å². The Kier molecular flexibility index (Phi) is 1.03. The van der Waals surface area contributed by atoms with E-state index in [-0.39, 0.29) is 0 Å². The molecule has 0 saturated heterocycles. The van der Waals surface area contributed by atoms with Gasteiger partial charge in [-0.15, -0.1) is 0 Å². The Balaban J connectivity index is 3.05. The molecule has 1 aromatic rings. The molecule has 0 N–H and O–H groups in total. The zero-order valence-electron chi connectivity index (χ0n) is 2.92. The summed E-state index contributed by atoms with van der Waals surface area (Å²) in [6.45, 7) is 0. The first kappa shape index (κ1) is 4.02. The van der Waals surface area contributed by atoms with Crippen molar-refractivity contribution in [1.82, 2.24) is 4.37 Å². The molecule has 0 aliphatic rings. The van der Waals surface area contributed by atoms with E-state index in [2.05, 4.69) is 4.37 Å². The third-order valence-electron chi connectivity index (χ3n) is 0.410. The van der Waals surface area contributed by atoms with Gasteiger partial charge in [-0.25, -0.2) is 0 Å². The molecule has 0 fully saturated rings. The van der Waals surface area contributed by atoms with E-state index < -0.39 is 0 Å². The van der Waals surface area contributed by atoms with Crippen LogP contribution in [0.5, 0.6) is 0 Å². The van der Waals surface area contributed by atoms with Gasteiger partial charge in [0.2, 0.25) is 0 Å². The molecule has 3 heteroatoms. The van der Waals surface area contributed by atoms with Crippen molar-refractivity contribution in [2.24, 2.45) is 0 Å². The second-order valence-corrected chi connectivity index (χ2v) is 1.99. The Morgan fingerprint density at radius 3 is 2.83 bits per heavy atom. The highest BCUT2D eigenvalue weighted by Crippen LogP contribution is 2.04. The molecule has 0 unspecified atom stereocenters. The predicted molar refractivity (Wildman–Crippen MR) is 28.0 cm³/mol. The highest BCUT2D eigenvalue weighted by molar-refractivity contribution is 7.80. The zero-order chi connectivity index (χ0) is 4.41. The van der Waals surface area contributed by atoms with Gasteiger partial charge in [0.1, 0.15) is 0 Å². The summed E-state index contributed by atoms with van der Waals surface area (Å²) in [7, 11) is 0. The van der Waals surface area contributed by atoms with Gasteiger partial charge in [-0.1, -0.05) is 12.6 Å². The lowest BCUT2D eigenvalue weighted by Crippen LogP contribution is -1.42. The monoisotopic (exact) mass is 116 g/mol. The molecule has 0 bridgehead atoms. The molecule has 1 nitrogen and oxygen atoms in total. The Bertz CT molecular complexity index is 112. The summed E-state index contributed by atoms with van der Waals surface area (Å²) in [6, 6.07) is 0. The molecule has 1 rings (SSSR count). The molecule has 1 heterocycles. The second-order valence-electron chi connectivity index (χ2n) is 0.860. The molecule has 0 aliphatic carbocycles. The average Bonchev–Trinajstić information content (AvgIpc) is 1.86. The largest absolute Gasteiger partial charge is 0.200 e. The molecule has 6 heavy (non-hydrogen) atoms. The van der Waals surface area contributed by atoms with Gasteiger partial charge in [-0.05, 0) is 11.5 Å². The van der Waals surface area contributed by atoms with Crippen molar-refractivity contribution in [2.75, 3.05) is 0 Å². The van der Waals surface area contributed by atoms with E-state index >= 15 is 0 Å². The molecular formula is C3H2NS2. The third-order valence-corrected chi connectivity index (χ3v) is 1.37. The van der Waals surface area contributed by atoms with Crippen molar-refractivity contribution in [2.45, 2.75) is 4.90 Å². The lowest BCUT2D eigenvalue weighted by molar-refractivity contribution is 1.45. The number of rotatable bonds is 0. The van der Waals surface area contributed by atoms with E-state index in [0.29, 0.717) is 0 Å². The van der Waals surface area contributed by atoms with Crippen LogP contribution in [0, 0.1) is 0 Å². The lowest BCUT2D eigenvalue weighted by Gasteiger charge is -1.59. The topological polar surface area (TPSA) is 12.9 Å². The van der Waals surface area contributed by atoms with Crippen molar-refractivity contribution >= 4 is 24.2 Å². The van der Waals surface area contributed by atoms with E-state index in [4.69, 9.17) is 12.6 Å². The maximum Gasteiger partial charge on any atom is 0.0684 e. The van der Waals surface area contributed by atoms with Crippen molar-refractivity contribution in [1.29, 1.82) is 0 Å². The minimum absolute atomic E-state index is 0.833. The highest BCUT2D eigenvalue weighted by atomic mass is 32.1. The molecule has 0 amide bonds. The van der Waals surface area contributed by atoms with Crippen LogP contribution in [-0.2, 0) is 0 Å². The van der Waals surface area contributed by atoms with Crippen molar-refractivity contribution in [3.8, 4) is 0 Å². The van der Waals surface area contributed by atoms with E-state index in [1.54, 1.807) is 6.20 Å². The fourth-order valence-corrected chi connectivity index (χ4v) is 0.844. The van der Waals surface area contributed by atoms with Crippen LogP contribution >= 0.6 is 24.2 Å².